The lowest BCUT2D eigenvalue weighted by Gasteiger charge is -2.43. The highest BCUT2D eigenvalue weighted by Crippen LogP contribution is 2.45. The summed E-state index contributed by atoms with van der Waals surface area (Å²) in [6, 6.07) is 1.06. The van der Waals surface area contributed by atoms with Crippen molar-refractivity contribution in [1.29, 1.82) is 0 Å². The number of halogens is 9. The average molecular weight is 600 g/mol. The largest absolute Gasteiger partial charge is 0.453 e. The van der Waals surface area contributed by atoms with Gasteiger partial charge < -0.3 is 9.47 Å². The van der Waals surface area contributed by atoms with Crippen LogP contribution in [0.1, 0.15) is 60.5 Å². The number of amides is 2. The van der Waals surface area contributed by atoms with Crippen molar-refractivity contribution in [3.8, 4) is 0 Å². The molecule has 1 aliphatic rings. The van der Waals surface area contributed by atoms with Crippen molar-refractivity contribution in [2.24, 2.45) is 0 Å². The Labute approximate surface area is 228 Å². The molecule has 0 fully saturated rings. The number of carbonyl (C=O) groups is 2. The van der Waals surface area contributed by atoms with Crippen molar-refractivity contribution < 1.29 is 58.6 Å². The fraction of sp³-hybridized carbons (Fsp3) is 0.462. The standard InChI is InChI=1S/C26H25F9N2O4/c1-4-18-12-21(19-11-15(24(27,28)29)6-7-20(19)37(18)23(39)41-5-2)36(22(38)40-3)13-14-8-16(25(30,31)32)10-17(9-14)26(33,34)35/h6-11,18,21H,4-5,12-13H2,1-3H3/t18-,21?/m1/s1. The molecule has 1 heterocycles. The molecule has 0 bridgehead atoms. The molecule has 226 valence electrons. The lowest BCUT2D eigenvalue weighted by molar-refractivity contribution is -0.143. The zero-order chi connectivity index (χ0) is 30.9. The van der Waals surface area contributed by atoms with E-state index in [1.165, 1.54) is 6.92 Å². The third kappa shape index (κ3) is 6.99. The van der Waals surface area contributed by atoms with Crippen LogP contribution in [0, 0.1) is 0 Å². The number of anilines is 1. The summed E-state index contributed by atoms with van der Waals surface area (Å²) in [5, 5.41) is 0. The van der Waals surface area contributed by atoms with Gasteiger partial charge in [-0.25, -0.2) is 9.59 Å². The normalized spacial score (nSPS) is 17.6. The molecule has 0 saturated carbocycles. The Morgan fingerprint density at radius 2 is 1.44 bits per heavy atom. The van der Waals surface area contributed by atoms with Gasteiger partial charge in [0.1, 0.15) is 0 Å². The van der Waals surface area contributed by atoms with E-state index in [-0.39, 0.29) is 36.8 Å². The summed E-state index contributed by atoms with van der Waals surface area (Å²) in [5.74, 6) is 0. The molecule has 1 unspecified atom stereocenters. The van der Waals surface area contributed by atoms with Gasteiger partial charge in [-0.15, -0.1) is 0 Å². The summed E-state index contributed by atoms with van der Waals surface area (Å²) < 4.78 is 132. The zero-order valence-corrected chi connectivity index (χ0v) is 21.9. The van der Waals surface area contributed by atoms with Crippen molar-refractivity contribution in [2.75, 3.05) is 18.6 Å². The SMILES string of the molecule is CCOC(=O)N1c2ccc(C(F)(F)F)cc2C(N(Cc2cc(C(F)(F)F)cc(C(F)(F)F)c2)C(=O)OC)C[C@H]1CC. The van der Waals surface area contributed by atoms with E-state index in [4.69, 9.17) is 9.47 Å². The predicted octanol–water partition coefficient (Wildman–Crippen LogP) is 8.20. The summed E-state index contributed by atoms with van der Waals surface area (Å²) in [4.78, 5) is 27.6. The molecular formula is C26H25F9N2O4. The highest BCUT2D eigenvalue weighted by atomic mass is 19.4. The van der Waals surface area contributed by atoms with Crippen LogP contribution in [0.2, 0.25) is 0 Å². The van der Waals surface area contributed by atoms with Crippen molar-refractivity contribution in [3.05, 3.63) is 64.2 Å². The van der Waals surface area contributed by atoms with Crippen LogP contribution in [0.4, 0.5) is 54.8 Å². The molecule has 41 heavy (non-hydrogen) atoms. The van der Waals surface area contributed by atoms with Gasteiger partial charge in [0, 0.05) is 12.6 Å². The second-order valence-electron chi connectivity index (χ2n) is 9.17. The van der Waals surface area contributed by atoms with Gasteiger partial charge in [0.25, 0.3) is 0 Å². The minimum absolute atomic E-state index is 0.0590. The molecule has 0 aromatic heterocycles. The molecule has 0 radical (unpaired) electrons. The van der Waals surface area contributed by atoms with E-state index in [1.807, 2.05) is 0 Å². The number of methoxy groups -OCH3 is 1. The van der Waals surface area contributed by atoms with Gasteiger partial charge >= 0.3 is 30.7 Å². The third-order valence-corrected chi connectivity index (χ3v) is 6.56. The Morgan fingerprint density at radius 1 is 0.878 bits per heavy atom. The van der Waals surface area contributed by atoms with Gasteiger partial charge in [0.2, 0.25) is 0 Å². The topological polar surface area (TPSA) is 59.1 Å². The van der Waals surface area contributed by atoms with E-state index >= 15 is 0 Å². The van der Waals surface area contributed by atoms with Gasteiger partial charge in [-0.05, 0) is 67.3 Å². The quantitative estimate of drug-likeness (QED) is 0.325. The molecule has 6 nitrogen and oxygen atoms in total. The zero-order valence-electron chi connectivity index (χ0n) is 21.9. The van der Waals surface area contributed by atoms with Crippen molar-refractivity contribution in [3.63, 3.8) is 0 Å². The second-order valence-corrected chi connectivity index (χ2v) is 9.17. The van der Waals surface area contributed by atoms with Crippen LogP contribution in [0.25, 0.3) is 0 Å². The van der Waals surface area contributed by atoms with E-state index in [0.717, 1.165) is 23.0 Å². The van der Waals surface area contributed by atoms with E-state index in [1.54, 1.807) is 6.92 Å². The number of hydrogen-bond acceptors (Lipinski definition) is 4. The van der Waals surface area contributed by atoms with Crippen LogP contribution in [-0.4, -0.2) is 36.8 Å². The molecule has 0 aliphatic carbocycles. The summed E-state index contributed by atoms with van der Waals surface area (Å²) >= 11 is 0. The first-order chi connectivity index (χ1) is 18.9. The molecule has 0 saturated heterocycles. The molecule has 3 rings (SSSR count). The summed E-state index contributed by atoms with van der Waals surface area (Å²) in [5.41, 5.74) is -5.28. The number of ether oxygens (including phenoxy) is 2. The van der Waals surface area contributed by atoms with Crippen LogP contribution in [0.3, 0.4) is 0 Å². The maximum atomic E-state index is 13.7. The Hall–Kier alpha value is -3.65. The lowest BCUT2D eigenvalue weighted by atomic mass is 9.87. The average Bonchev–Trinajstić information content (AvgIpc) is 2.88. The minimum Gasteiger partial charge on any atom is -0.453 e. The number of hydrogen-bond donors (Lipinski definition) is 0. The van der Waals surface area contributed by atoms with E-state index < -0.39 is 71.6 Å². The van der Waals surface area contributed by atoms with Crippen LogP contribution in [-0.2, 0) is 34.5 Å². The predicted molar refractivity (Wildman–Crippen MR) is 127 cm³/mol. The monoisotopic (exact) mass is 600 g/mol. The molecule has 1 aliphatic heterocycles. The number of nitrogens with zero attached hydrogens (tertiary/aromatic N) is 2. The number of fused-ring (bicyclic) bond motifs is 1. The maximum Gasteiger partial charge on any atom is 0.416 e. The number of benzene rings is 2. The van der Waals surface area contributed by atoms with Crippen molar-refractivity contribution in [1.82, 2.24) is 4.90 Å². The van der Waals surface area contributed by atoms with Gasteiger partial charge in [-0.3, -0.25) is 9.80 Å². The van der Waals surface area contributed by atoms with Gasteiger partial charge in [-0.2, -0.15) is 39.5 Å². The van der Waals surface area contributed by atoms with Crippen molar-refractivity contribution in [2.45, 2.75) is 63.8 Å². The first-order valence-electron chi connectivity index (χ1n) is 12.2. The first kappa shape index (κ1) is 31.9. The molecular weight excluding hydrogens is 575 g/mol. The summed E-state index contributed by atoms with van der Waals surface area (Å²) in [6.45, 7) is 2.23. The second kappa shape index (κ2) is 11.7. The van der Waals surface area contributed by atoms with Gasteiger partial charge in [0.15, 0.2) is 0 Å². The number of rotatable bonds is 5. The van der Waals surface area contributed by atoms with Crippen molar-refractivity contribution >= 4 is 17.9 Å². The van der Waals surface area contributed by atoms with E-state index in [0.29, 0.717) is 24.3 Å². The van der Waals surface area contributed by atoms with E-state index in [2.05, 4.69) is 0 Å². The first-order valence-corrected chi connectivity index (χ1v) is 12.2. The van der Waals surface area contributed by atoms with Gasteiger partial charge in [-0.1, -0.05) is 6.92 Å². The molecule has 2 atom stereocenters. The molecule has 2 aromatic carbocycles. The van der Waals surface area contributed by atoms with Crippen LogP contribution in [0.15, 0.2) is 36.4 Å². The highest BCUT2D eigenvalue weighted by Gasteiger charge is 2.43. The number of carbonyl (C=O) groups excluding carboxylic acids is 2. The Bertz CT molecular complexity index is 1240. The summed E-state index contributed by atoms with van der Waals surface area (Å²) in [6.07, 6.45) is -17.3. The fourth-order valence-electron chi connectivity index (χ4n) is 4.72. The maximum absolute atomic E-state index is 13.7. The van der Waals surface area contributed by atoms with Crippen LogP contribution >= 0.6 is 0 Å². The molecule has 0 spiro atoms. The number of alkyl halides is 9. The summed E-state index contributed by atoms with van der Waals surface area (Å²) in [7, 11) is 0.903. The van der Waals surface area contributed by atoms with E-state index in [9.17, 15) is 49.1 Å². The molecule has 2 amide bonds. The Kier molecular flexibility index (Phi) is 9.08. The fourth-order valence-corrected chi connectivity index (χ4v) is 4.72. The lowest BCUT2D eigenvalue weighted by Crippen LogP contribution is -2.48. The molecule has 15 heteroatoms. The highest BCUT2D eigenvalue weighted by molar-refractivity contribution is 5.90. The molecule has 2 aromatic rings. The molecule has 0 N–H and O–H groups in total. The smallest absolute Gasteiger partial charge is 0.416 e. The van der Waals surface area contributed by atoms with Crippen LogP contribution in [0.5, 0.6) is 0 Å². The third-order valence-electron chi connectivity index (χ3n) is 6.56. The van der Waals surface area contributed by atoms with Crippen LogP contribution < -0.4 is 4.90 Å². The minimum atomic E-state index is -5.17. The van der Waals surface area contributed by atoms with Gasteiger partial charge in [0.05, 0.1) is 42.1 Å². The Balaban J connectivity index is 2.23. The Morgan fingerprint density at radius 3 is 1.90 bits per heavy atom.